The van der Waals surface area contributed by atoms with Gasteiger partial charge in [0.2, 0.25) is 11.8 Å². The number of ketones is 2. The van der Waals surface area contributed by atoms with Crippen molar-refractivity contribution >= 4 is 34.7 Å². The van der Waals surface area contributed by atoms with Gasteiger partial charge in [-0.15, -0.1) is 11.3 Å². The molecule has 2 amide bonds. The van der Waals surface area contributed by atoms with Crippen molar-refractivity contribution in [2.75, 3.05) is 13.2 Å². The number of Topliss-reactive ketones (excluding diaryl/α,β-unsaturated/α-hetero) is 1. The second-order valence-electron chi connectivity index (χ2n) is 10.2. The maximum Gasteiger partial charge on any atom is 0.234 e. The van der Waals surface area contributed by atoms with E-state index in [4.69, 9.17) is 4.74 Å². The minimum absolute atomic E-state index is 0.0826. The van der Waals surface area contributed by atoms with Crippen LogP contribution in [0.15, 0.2) is 76.2 Å². The first-order valence-electron chi connectivity index (χ1n) is 12.8. The number of hydrogen-bond donors (Lipinski definition) is 1. The van der Waals surface area contributed by atoms with Gasteiger partial charge in [-0.25, -0.2) is 0 Å². The number of imide groups is 1. The van der Waals surface area contributed by atoms with E-state index in [9.17, 15) is 24.3 Å². The van der Waals surface area contributed by atoms with Gasteiger partial charge in [0.1, 0.15) is 12.4 Å². The molecule has 2 heterocycles. The average Bonchev–Trinajstić information content (AvgIpc) is 3.52. The number of likely N-dealkylation sites (tertiary alicyclic amines) is 1. The van der Waals surface area contributed by atoms with Gasteiger partial charge in [0.05, 0.1) is 25.0 Å². The minimum atomic E-state index is -0.584. The van der Waals surface area contributed by atoms with E-state index in [1.54, 1.807) is 13.0 Å². The van der Waals surface area contributed by atoms with Crippen LogP contribution in [0, 0.1) is 17.8 Å². The van der Waals surface area contributed by atoms with Crippen LogP contribution in [-0.2, 0) is 25.7 Å². The highest BCUT2D eigenvalue weighted by molar-refractivity contribution is 7.09. The van der Waals surface area contributed by atoms with Gasteiger partial charge in [-0.2, -0.15) is 0 Å². The third kappa shape index (κ3) is 3.82. The van der Waals surface area contributed by atoms with Crippen LogP contribution in [-0.4, -0.2) is 46.6 Å². The van der Waals surface area contributed by atoms with Gasteiger partial charge in [-0.05, 0) is 49.3 Å². The zero-order chi connectivity index (χ0) is 26.6. The van der Waals surface area contributed by atoms with Crippen LogP contribution in [0.4, 0.5) is 0 Å². The van der Waals surface area contributed by atoms with Gasteiger partial charge in [0, 0.05) is 33.1 Å². The van der Waals surface area contributed by atoms with Crippen molar-refractivity contribution in [1.82, 2.24) is 4.90 Å². The molecule has 0 bridgehead atoms. The van der Waals surface area contributed by atoms with Crippen LogP contribution in [0.2, 0.25) is 0 Å². The monoisotopic (exact) mass is 529 g/mol. The predicted molar refractivity (Wildman–Crippen MR) is 140 cm³/mol. The number of carbonyl (C=O) groups is 4. The second kappa shape index (κ2) is 9.60. The Kier molecular flexibility index (Phi) is 6.24. The van der Waals surface area contributed by atoms with Crippen molar-refractivity contribution in [3.8, 4) is 5.75 Å². The zero-order valence-electron chi connectivity index (χ0n) is 20.9. The molecule has 4 aliphatic rings. The number of benzene rings is 1. The van der Waals surface area contributed by atoms with Crippen LogP contribution < -0.4 is 4.74 Å². The van der Waals surface area contributed by atoms with Gasteiger partial charge in [0.25, 0.3) is 0 Å². The number of nitrogens with zero attached hydrogens (tertiary/aromatic N) is 1. The lowest BCUT2D eigenvalue weighted by Gasteiger charge is -2.42. The Morgan fingerprint density at radius 1 is 1.05 bits per heavy atom. The van der Waals surface area contributed by atoms with E-state index in [1.807, 2.05) is 41.8 Å². The Balaban J connectivity index is 1.46. The van der Waals surface area contributed by atoms with Gasteiger partial charge in [-0.3, -0.25) is 24.1 Å². The third-order valence-electron chi connectivity index (χ3n) is 8.13. The molecule has 1 aromatic heterocycles. The Labute approximate surface area is 224 Å². The van der Waals surface area contributed by atoms with E-state index in [0.29, 0.717) is 34.5 Å². The summed E-state index contributed by atoms with van der Waals surface area (Å²) in [6.07, 6.45) is 4.04. The molecule has 1 N–H and O–H groups in total. The minimum Gasteiger partial charge on any atom is -0.491 e. The van der Waals surface area contributed by atoms with Crippen LogP contribution in [0.25, 0.3) is 0 Å². The molecule has 1 aromatic carbocycles. The van der Waals surface area contributed by atoms with E-state index in [2.05, 4.69) is 0 Å². The number of thiophene rings is 1. The smallest absolute Gasteiger partial charge is 0.234 e. The number of aliphatic hydroxyl groups excluding tert-OH is 1. The molecule has 6 rings (SSSR count). The molecule has 0 saturated carbocycles. The molecule has 4 unspecified atom stereocenters. The number of rotatable bonds is 6. The first kappa shape index (κ1) is 24.7. The van der Waals surface area contributed by atoms with E-state index in [0.717, 1.165) is 10.5 Å². The highest BCUT2D eigenvalue weighted by Gasteiger charge is 2.56. The van der Waals surface area contributed by atoms with Gasteiger partial charge in [0.15, 0.2) is 11.6 Å². The zero-order valence-corrected chi connectivity index (χ0v) is 21.7. The molecule has 7 nitrogen and oxygen atoms in total. The lowest BCUT2D eigenvalue weighted by Crippen LogP contribution is -2.39. The molecule has 0 spiro atoms. The quantitative estimate of drug-likeness (QED) is 0.348. The van der Waals surface area contributed by atoms with Crippen molar-refractivity contribution in [1.29, 1.82) is 0 Å². The van der Waals surface area contributed by atoms with Crippen molar-refractivity contribution in [3.05, 3.63) is 86.7 Å². The molecular weight excluding hydrogens is 502 g/mol. The van der Waals surface area contributed by atoms with Crippen LogP contribution >= 0.6 is 11.3 Å². The Morgan fingerprint density at radius 3 is 2.63 bits per heavy atom. The van der Waals surface area contributed by atoms with Crippen LogP contribution in [0.5, 0.6) is 5.75 Å². The van der Waals surface area contributed by atoms with Crippen molar-refractivity contribution in [2.45, 2.75) is 32.2 Å². The number of fused-ring (bicyclic) bond motifs is 3. The maximum atomic E-state index is 13.8. The molecule has 1 saturated heterocycles. The summed E-state index contributed by atoms with van der Waals surface area (Å²) in [4.78, 5) is 56.3. The highest BCUT2D eigenvalue weighted by atomic mass is 32.1. The Morgan fingerprint density at radius 2 is 1.87 bits per heavy atom. The number of aliphatic hydroxyl groups is 1. The predicted octanol–water partition coefficient (Wildman–Crippen LogP) is 3.75. The third-order valence-corrected chi connectivity index (χ3v) is 8.99. The summed E-state index contributed by atoms with van der Waals surface area (Å²) in [6.45, 7) is 1.81. The first-order chi connectivity index (χ1) is 18.4. The summed E-state index contributed by atoms with van der Waals surface area (Å²) in [7, 11) is 0. The summed E-state index contributed by atoms with van der Waals surface area (Å²) in [5.41, 5.74) is 2.84. The fraction of sp³-hybridized carbons (Fsp3) is 0.333. The fourth-order valence-corrected chi connectivity index (χ4v) is 7.19. The largest absolute Gasteiger partial charge is 0.491 e. The van der Waals surface area contributed by atoms with Gasteiger partial charge >= 0.3 is 0 Å². The molecule has 3 aliphatic carbocycles. The summed E-state index contributed by atoms with van der Waals surface area (Å²) in [6, 6.07) is 11.1. The van der Waals surface area contributed by atoms with Crippen molar-refractivity contribution in [2.24, 2.45) is 17.8 Å². The van der Waals surface area contributed by atoms with Crippen molar-refractivity contribution < 1.29 is 29.0 Å². The number of ether oxygens (including phenoxy) is 1. The summed E-state index contributed by atoms with van der Waals surface area (Å²) in [5, 5.41) is 11.3. The number of hydrogen-bond acceptors (Lipinski definition) is 7. The molecule has 2 aromatic rings. The van der Waals surface area contributed by atoms with Crippen molar-refractivity contribution in [3.63, 3.8) is 0 Å². The molecule has 38 heavy (non-hydrogen) atoms. The van der Waals surface area contributed by atoms with E-state index < -0.39 is 17.8 Å². The molecule has 0 radical (unpaired) electrons. The van der Waals surface area contributed by atoms with Crippen LogP contribution in [0.3, 0.4) is 0 Å². The number of amides is 2. The Bertz CT molecular complexity index is 1450. The summed E-state index contributed by atoms with van der Waals surface area (Å²) in [5.74, 6) is -2.29. The first-order valence-corrected chi connectivity index (χ1v) is 13.7. The summed E-state index contributed by atoms with van der Waals surface area (Å²) < 4.78 is 5.85. The number of allylic oxidation sites excluding steroid dienone is 6. The maximum absolute atomic E-state index is 13.8. The lowest BCUT2D eigenvalue weighted by molar-refractivity contribution is -0.140. The molecule has 1 fully saturated rings. The van der Waals surface area contributed by atoms with Crippen LogP contribution in [0.1, 0.15) is 36.1 Å². The van der Waals surface area contributed by atoms with E-state index >= 15 is 0 Å². The average molecular weight is 530 g/mol. The Hall–Kier alpha value is -3.62. The number of carbonyl (C=O) groups excluding carboxylic acids is 4. The molecule has 4 atom stereocenters. The van der Waals surface area contributed by atoms with Gasteiger partial charge < -0.3 is 9.84 Å². The van der Waals surface area contributed by atoms with Gasteiger partial charge in [-0.1, -0.05) is 35.9 Å². The van der Waals surface area contributed by atoms with E-state index in [1.165, 1.54) is 22.3 Å². The number of para-hydroxylation sites is 1. The second-order valence-corrected chi connectivity index (χ2v) is 11.2. The normalized spacial score (nSPS) is 26.6. The standard InChI is InChI=1S/C30H27NO6S/c1-16-13-23(33)22-14-21-18(25(27(22)28(16)34)19-6-2-3-7-24(19)37-11-10-32)8-9-20-26(21)30(36)31(29(20)35)15-17-5-4-12-38-17/h2-8,12-13,20-21,25-26,32H,9-11,14-15H2,1H3. The highest BCUT2D eigenvalue weighted by Crippen LogP contribution is 2.56. The molecular formula is C30H27NO6S. The SMILES string of the molecule is CC1=CC(=O)C2=C(C1=O)C(c1ccccc1OCCO)C1=CCC3C(=O)N(Cc4cccs4)C(=O)C3C1C2. The lowest BCUT2D eigenvalue weighted by atomic mass is 9.59. The molecule has 8 heteroatoms. The fourth-order valence-electron chi connectivity index (χ4n) is 6.50. The topological polar surface area (TPSA) is 101 Å². The summed E-state index contributed by atoms with van der Waals surface area (Å²) >= 11 is 1.50. The molecule has 194 valence electrons. The van der Waals surface area contributed by atoms with E-state index in [-0.39, 0.29) is 55.5 Å². The molecule has 1 aliphatic heterocycles.